The molecule has 36 heavy (non-hydrogen) atoms. The Labute approximate surface area is 218 Å². The molecule has 0 atom stereocenters. The van der Waals surface area contributed by atoms with E-state index in [0.29, 0.717) is 26.2 Å². The van der Waals surface area contributed by atoms with Gasteiger partial charge in [0.15, 0.2) is 0 Å². The highest BCUT2D eigenvalue weighted by Gasteiger charge is 2.29. The zero-order valence-corrected chi connectivity index (χ0v) is 21.9. The third kappa shape index (κ3) is 5.19. The lowest BCUT2D eigenvalue weighted by atomic mass is 9.97. The van der Waals surface area contributed by atoms with Crippen molar-refractivity contribution >= 4 is 59.6 Å². The number of piperazine rings is 1. The van der Waals surface area contributed by atoms with Crippen molar-refractivity contribution in [1.82, 2.24) is 14.6 Å². The number of amides is 1. The van der Waals surface area contributed by atoms with Gasteiger partial charge in [-0.3, -0.25) is 9.69 Å². The molecular weight excluding hydrogens is 540 g/mol. The van der Waals surface area contributed by atoms with Crippen molar-refractivity contribution in [2.45, 2.75) is 4.90 Å². The fraction of sp³-hybridized carbons (Fsp3) is 0.185. The number of carbonyl (C=O) groups excluding carboxylic acids is 1. The molecule has 1 N–H and O–H groups in total. The van der Waals surface area contributed by atoms with Crippen LogP contribution >= 0.6 is 15.9 Å². The minimum Gasteiger partial charge on any atom is -0.292 e. The highest BCUT2D eigenvalue weighted by Crippen LogP contribution is 2.27. The molecule has 1 aliphatic rings. The lowest BCUT2D eigenvalue weighted by Gasteiger charge is -2.33. The van der Waals surface area contributed by atoms with Crippen molar-refractivity contribution in [3.05, 3.63) is 88.9 Å². The number of nitrogens with one attached hydrogen (secondary N) is 1. The second-order valence-electron chi connectivity index (χ2n) is 8.66. The molecule has 4 aromatic rings. The summed E-state index contributed by atoms with van der Waals surface area (Å²) in [7, 11) is -3.55. The first-order chi connectivity index (χ1) is 17.4. The molecule has 1 saturated heterocycles. The third-order valence-corrected chi connectivity index (χ3v) is 8.79. The molecular formula is C27H25BrN4O3S. The van der Waals surface area contributed by atoms with E-state index in [2.05, 4.69) is 44.7 Å². The Bertz CT molecular complexity index is 1490. The molecule has 1 aliphatic heterocycles. The quantitative estimate of drug-likeness (QED) is 0.216. The van der Waals surface area contributed by atoms with E-state index < -0.39 is 10.0 Å². The van der Waals surface area contributed by atoms with Gasteiger partial charge in [0.1, 0.15) is 0 Å². The smallest absolute Gasteiger partial charge is 0.254 e. The molecule has 0 unspecified atom stereocenters. The maximum Gasteiger partial charge on any atom is 0.254 e. The Kier molecular flexibility index (Phi) is 7.15. The Balaban J connectivity index is 1.21. The number of carbonyl (C=O) groups is 1. The first-order valence-electron chi connectivity index (χ1n) is 11.6. The molecule has 0 aromatic heterocycles. The number of benzene rings is 4. The zero-order valence-electron chi connectivity index (χ0n) is 19.5. The summed E-state index contributed by atoms with van der Waals surface area (Å²) in [6.45, 7) is 1.76. The lowest BCUT2D eigenvalue weighted by Crippen LogP contribution is -2.50. The first-order valence-corrected chi connectivity index (χ1v) is 13.9. The van der Waals surface area contributed by atoms with E-state index >= 15 is 0 Å². The van der Waals surface area contributed by atoms with Crippen LogP contribution in [-0.4, -0.2) is 62.5 Å². The van der Waals surface area contributed by atoms with Gasteiger partial charge in [-0.15, -0.1) is 0 Å². The molecule has 7 nitrogen and oxygen atoms in total. The number of rotatable bonds is 6. The van der Waals surface area contributed by atoms with Crippen LogP contribution in [0, 0.1) is 0 Å². The van der Waals surface area contributed by atoms with Crippen LogP contribution in [-0.2, 0) is 14.8 Å². The minimum atomic E-state index is -3.55. The topological polar surface area (TPSA) is 82.1 Å². The summed E-state index contributed by atoms with van der Waals surface area (Å²) in [5.41, 5.74) is 3.59. The van der Waals surface area contributed by atoms with Crippen molar-refractivity contribution in [3.63, 3.8) is 0 Å². The minimum absolute atomic E-state index is 0.153. The molecule has 5 rings (SSSR count). The monoisotopic (exact) mass is 564 g/mol. The highest BCUT2D eigenvalue weighted by molar-refractivity contribution is 9.10. The summed E-state index contributed by atoms with van der Waals surface area (Å²) in [4.78, 5) is 14.8. The van der Waals surface area contributed by atoms with Crippen molar-refractivity contribution in [1.29, 1.82) is 0 Å². The van der Waals surface area contributed by atoms with E-state index in [1.165, 1.54) is 4.31 Å². The van der Waals surface area contributed by atoms with Crippen molar-refractivity contribution in [2.24, 2.45) is 5.10 Å². The predicted octanol–water partition coefficient (Wildman–Crippen LogP) is 4.21. The number of fused-ring (bicyclic) bond motifs is 2. The molecule has 0 radical (unpaired) electrons. The van der Waals surface area contributed by atoms with Crippen molar-refractivity contribution in [2.75, 3.05) is 32.7 Å². The number of sulfonamides is 1. The summed E-state index contributed by atoms with van der Waals surface area (Å²) in [5, 5.41) is 8.60. The molecule has 1 fully saturated rings. The number of hydrogen-bond donors (Lipinski definition) is 1. The van der Waals surface area contributed by atoms with Gasteiger partial charge < -0.3 is 0 Å². The molecule has 184 valence electrons. The number of halogens is 1. The Morgan fingerprint density at radius 3 is 2.08 bits per heavy atom. The molecule has 0 saturated carbocycles. The maximum absolute atomic E-state index is 12.9. The van der Waals surface area contributed by atoms with E-state index in [4.69, 9.17) is 0 Å². The number of hydrazone groups is 1. The molecule has 4 aromatic carbocycles. The van der Waals surface area contributed by atoms with Gasteiger partial charge in [-0.05, 0) is 51.9 Å². The van der Waals surface area contributed by atoms with Crippen LogP contribution in [0.15, 0.2) is 93.3 Å². The van der Waals surface area contributed by atoms with Crippen LogP contribution < -0.4 is 5.43 Å². The maximum atomic E-state index is 12.9. The largest absolute Gasteiger partial charge is 0.292 e. The van der Waals surface area contributed by atoms with Gasteiger partial charge in [0.25, 0.3) is 5.91 Å². The Morgan fingerprint density at radius 1 is 0.889 bits per heavy atom. The SMILES string of the molecule is O=C(CN1CCN(S(=O)(=O)c2ccc(Br)cc2)CC1)NN=Cc1c2ccccc2cc2ccccc12. The first kappa shape index (κ1) is 24.6. The van der Waals surface area contributed by atoms with Gasteiger partial charge in [0.05, 0.1) is 17.7 Å². The average molecular weight is 565 g/mol. The van der Waals surface area contributed by atoms with Gasteiger partial charge in [-0.1, -0.05) is 64.5 Å². The Hall–Kier alpha value is -3.11. The second-order valence-corrected chi connectivity index (χ2v) is 11.5. The Morgan fingerprint density at radius 2 is 1.47 bits per heavy atom. The fourth-order valence-corrected chi connectivity index (χ4v) is 6.17. The van der Waals surface area contributed by atoms with Crippen LogP contribution in [0.2, 0.25) is 0 Å². The van der Waals surface area contributed by atoms with E-state index in [-0.39, 0.29) is 17.3 Å². The summed E-state index contributed by atoms with van der Waals surface area (Å²) in [5.74, 6) is -0.236. The predicted molar refractivity (Wildman–Crippen MR) is 147 cm³/mol. The van der Waals surface area contributed by atoms with Crippen LogP contribution in [0.25, 0.3) is 21.5 Å². The van der Waals surface area contributed by atoms with E-state index in [9.17, 15) is 13.2 Å². The van der Waals surface area contributed by atoms with Crippen LogP contribution in [0.3, 0.4) is 0 Å². The van der Waals surface area contributed by atoms with Crippen molar-refractivity contribution in [3.8, 4) is 0 Å². The molecule has 9 heteroatoms. The third-order valence-electron chi connectivity index (χ3n) is 6.35. The highest BCUT2D eigenvalue weighted by atomic mass is 79.9. The standard InChI is InChI=1S/C27H25BrN4O3S/c28-22-9-11-23(12-10-22)36(34,35)32-15-13-31(14-16-32)19-27(33)30-29-18-26-24-7-3-1-5-20(24)17-21-6-2-4-8-25(21)26/h1-12,17-18H,13-16,19H2,(H,30,33). The number of nitrogens with zero attached hydrogens (tertiary/aromatic N) is 3. The van der Waals surface area contributed by atoms with E-state index in [1.807, 2.05) is 41.3 Å². The second kappa shape index (κ2) is 10.5. The van der Waals surface area contributed by atoms with Crippen LogP contribution in [0.4, 0.5) is 0 Å². The van der Waals surface area contributed by atoms with Gasteiger partial charge in [-0.2, -0.15) is 9.41 Å². The van der Waals surface area contributed by atoms with Crippen molar-refractivity contribution < 1.29 is 13.2 Å². The normalized spacial score (nSPS) is 15.6. The average Bonchev–Trinajstić information content (AvgIpc) is 2.89. The van der Waals surface area contributed by atoms with Crippen LogP contribution in [0.5, 0.6) is 0 Å². The van der Waals surface area contributed by atoms with Gasteiger partial charge in [-0.25, -0.2) is 13.8 Å². The summed E-state index contributed by atoms with van der Waals surface area (Å²) in [6.07, 6.45) is 1.70. The summed E-state index contributed by atoms with van der Waals surface area (Å²) in [6, 6.07) is 25.0. The zero-order chi connectivity index (χ0) is 25.1. The van der Waals surface area contributed by atoms with Gasteiger partial charge in [0, 0.05) is 36.2 Å². The molecule has 1 heterocycles. The molecule has 0 bridgehead atoms. The van der Waals surface area contributed by atoms with Gasteiger partial charge in [0.2, 0.25) is 10.0 Å². The van der Waals surface area contributed by atoms with E-state index in [0.717, 1.165) is 31.6 Å². The molecule has 0 aliphatic carbocycles. The molecule has 0 spiro atoms. The molecule has 1 amide bonds. The number of hydrogen-bond acceptors (Lipinski definition) is 5. The van der Waals surface area contributed by atoms with Crippen LogP contribution in [0.1, 0.15) is 5.56 Å². The fourth-order valence-electron chi connectivity index (χ4n) is 4.48. The van der Waals surface area contributed by atoms with Gasteiger partial charge >= 0.3 is 0 Å². The summed E-state index contributed by atoms with van der Waals surface area (Å²) < 4.78 is 28.1. The summed E-state index contributed by atoms with van der Waals surface area (Å²) >= 11 is 3.33. The van der Waals surface area contributed by atoms with E-state index in [1.54, 1.807) is 30.5 Å². The lowest BCUT2D eigenvalue weighted by molar-refractivity contribution is -0.122.